The Hall–Kier alpha value is -3.19. The summed E-state index contributed by atoms with van der Waals surface area (Å²) >= 11 is 3.31. The first-order valence-electron chi connectivity index (χ1n) is 8.87. The van der Waals surface area contributed by atoms with Gasteiger partial charge in [-0.25, -0.2) is 4.39 Å². The Kier molecular flexibility index (Phi) is 6.97. The fraction of sp³-hybridized carbons (Fsp3) is 0.0909. The highest BCUT2D eigenvalue weighted by molar-refractivity contribution is 9.10. The molecule has 0 saturated heterocycles. The number of halogens is 2. The van der Waals surface area contributed by atoms with Crippen molar-refractivity contribution in [2.75, 3.05) is 11.9 Å². The minimum absolute atomic E-state index is 0.0938. The smallest absolute Gasteiger partial charge is 0.251 e. The van der Waals surface area contributed by atoms with Gasteiger partial charge in [0.15, 0.2) is 5.75 Å². The second kappa shape index (κ2) is 9.84. The van der Waals surface area contributed by atoms with E-state index in [4.69, 9.17) is 4.74 Å². The standard InChI is InChI=1S/C22H18BrFN2O3/c23-16-10-8-15(9-11-16)22(28)25-13-12-21(27)26-19-6-1-2-7-20(19)29-18-5-3-4-17(24)14-18/h1-11,14H,12-13H2,(H,25,28)(H,26,27). The van der Waals surface area contributed by atoms with Gasteiger partial charge in [0, 0.05) is 29.1 Å². The molecule has 7 heteroatoms. The van der Waals surface area contributed by atoms with Gasteiger partial charge in [0.25, 0.3) is 5.91 Å². The predicted octanol–water partition coefficient (Wildman–Crippen LogP) is 5.14. The van der Waals surface area contributed by atoms with Crippen LogP contribution >= 0.6 is 15.9 Å². The van der Waals surface area contributed by atoms with Crippen molar-refractivity contribution < 1.29 is 18.7 Å². The van der Waals surface area contributed by atoms with Crippen LogP contribution in [0.25, 0.3) is 0 Å². The Morgan fingerprint density at radius 3 is 2.48 bits per heavy atom. The van der Waals surface area contributed by atoms with Gasteiger partial charge in [0.05, 0.1) is 5.69 Å². The topological polar surface area (TPSA) is 67.4 Å². The molecule has 5 nitrogen and oxygen atoms in total. The largest absolute Gasteiger partial charge is 0.455 e. The number of para-hydroxylation sites is 2. The van der Waals surface area contributed by atoms with Crippen molar-refractivity contribution >= 4 is 33.4 Å². The van der Waals surface area contributed by atoms with E-state index in [1.807, 2.05) is 0 Å². The molecule has 0 atom stereocenters. The molecule has 0 aromatic heterocycles. The summed E-state index contributed by atoms with van der Waals surface area (Å²) in [5.74, 6) is -0.221. The summed E-state index contributed by atoms with van der Waals surface area (Å²) in [6.45, 7) is 0.188. The molecule has 0 aliphatic heterocycles. The molecule has 0 spiro atoms. The van der Waals surface area contributed by atoms with Gasteiger partial charge < -0.3 is 15.4 Å². The predicted molar refractivity (Wildman–Crippen MR) is 113 cm³/mol. The van der Waals surface area contributed by atoms with Crippen molar-refractivity contribution in [1.29, 1.82) is 0 Å². The summed E-state index contributed by atoms with van der Waals surface area (Å²) in [5.41, 5.74) is 0.975. The van der Waals surface area contributed by atoms with Crippen LogP contribution in [0.5, 0.6) is 11.5 Å². The van der Waals surface area contributed by atoms with Crippen molar-refractivity contribution in [1.82, 2.24) is 5.32 Å². The van der Waals surface area contributed by atoms with Gasteiger partial charge in [-0.1, -0.05) is 34.1 Å². The average molecular weight is 457 g/mol. The lowest BCUT2D eigenvalue weighted by Crippen LogP contribution is -2.27. The maximum atomic E-state index is 13.3. The molecule has 0 bridgehead atoms. The summed E-state index contributed by atoms with van der Waals surface area (Å²) in [6.07, 6.45) is 0.0938. The zero-order valence-corrected chi connectivity index (χ0v) is 16.9. The minimum atomic E-state index is -0.412. The molecule has 0 fully saturated rings. The van der Waals surface area contributed by atoms with Crippen LogP contribution in [0.3, 0.4) is 0 Å². The highest BCUT2D eigenvalue weighted by Crippen LogP contribution is 2.29. The van der Waals surface area contributed by atoms with Gasteiger partial charge in [0.2, 0.25) is 5.91 Å². The quantitative estimate of drug-likeness (QED) is 0.517. The molecule has 2 amide bonds. The molecule has 0 unspecified atom stereocenters. The van der Waals surface area contributed by atoms with Gasteiger partial charge in [-0.2, -0.15) is 0 Å². The third-order valence-corrected chi connectivity index (χ3v) is 4.46. The molecule has 3 rings (SSSR count). The summed E-state index contributed by atoms with van der Waals surface area (Å²) in [7, 11) is 0. The number of ether oxygens (including phenoxy) is 1. The van der Waals surface area contributed by atoms with Crippen LogP contribution in [0.1, 0.15) is 16.8 Å². The molecule has 0 saturated carbocycles. The zero-order chi connectivity index (χ0) is 20.6. The third-order valence-electron chi connectivity index (χ3n) is 3.93. The first kappa shape index (κ1) is 20.5. The van der Waals surface area contributed by atoms with Crippen molar-refractivity contribution in [3.05, 3.63) is 88.6 Å². The van der Waals surface area contributed by atoms with Crippen LogP contribution < -0.4 is 15.4 Å². The van der Waals surface area contributed by atoms with E-state index < -0.39 is 5.82 Å². The fourth-order valence-corrected chi connectivity index (χ4v) is 2.79. The van der Waals surface area contributed by atoms with E-state index in [0.29, 0.717) is 22.7 Å². The molecule has 3 aromatic carbocycles. The molecule has 0 aliphatic rings. The van der Waals surface area contributed by atoms with Gasteiger partial charge in [0.1, 0.15) is 11.6 Å². The molecule has 0 heterocycles. The molecular weight excluding hydrogens is 439 g/mol. The maximum Gasteiger partial charge on any atom is 0.251 e. The van der Waals surface area contributed by atoms with Gasteiger partial charge >= 0.3 is 0 Å². The monoisotopic (exact) mass is 456 g/mol. The van der Waals surface area contributed by atoms with E-state index >= 15 is 0 Å². The van der Waals surface area contributed by atoms with Crippen LogP contribution in [-0.4, -0.2) is 18.4 Å². The van der Waals surface area contributed by atoms with Crippen LogP contribution in [0, 0.1) is 5.82 Å². The number of anilines is 1. The SMILES string of the molecule is O=C(CCNC(=O)c1ccc(Br)cc1)Nc1ccccc1Oc1cccc(F)c1. The number of carbonyl (C=O) groups is 2. The molecule has 3 aromatic rings. The van der Waals surface area contributed by atoms with Gasteiger partial charge in [-0.05, 0) is 48.5 Å². The number of rotatable bonds is 7. The van der Waals surface area contributed by atoms with E-state index in [1.54, 1.807) is 60.7 Å². The molecule has 148 valence electrons. The van der Waals surface area contributed by atoms with Crippen molar-refractivity contribution in [2.45, 2.75) is 6.42 Å². The van der Waals surface area contributed by atoms with Crippen LogP contribution in [0.2, 0.25) is 0 Å². The maximum absolute atomic E-state index is 13.3. The Bertz CT molecular complexity index is 1010. The number of nitrogens with one attached hydrogen (secondary N) is 2. The molecule has 29 heavy (non-hydrogen) atoms. The third kappa shape index (κ3) is 6.15. The lowest BCUT2D eigenvalue weighted by atomic mass is 10.2. The van der Waals surface area contributed by atoms with Crippen LogP contribution in [-0.2, 0) is 4.79 Å². The molecule has 0 aliphatic carbocycles. The van der Waals surface area contributed by atoms with Crippen molar-refractivity contribution in [3.63, 3.8) is 0 Å². The lowest BCUT2D eigenvalue weighted by molar-refractivity contribution is -0.116. The summed E-state index contributed by atoms with van der Waals surface area (Å²) in [5, 5.41) is 5.46. The first-order valence-corrected chi connectivity index (χ1v) is 9.66. The van der Waals surface area contributed by atoms with Crippen molar-refractivity contribution in [2.24, 2.45) is 0 Å². The summed E-state index contributed by atoms with van der Waals surface area (Å²) < 4.78 is 19.9. The Balaban J connectivity index is 1.54. The Morgan fingerprint density at radius 1 is 0.966 bits per heavy atom. The first-order chi connectivity index (χ1) is 14.0. The molecule has 2 N–H and O–H groups in total. The van der Waals surface area contributed by atoms with Crippen LogP contribution in [0.4, 0.5) is 10.1 Å². The average Bonchev–Trinajstić information content (AvgIpc) is 2.70. The van der Waals surface area contributed by atoms with E-state index in [0.717, 1.165) is 4.47 Å². The van der Waals surface area contributed by atoms with Gasteiger partial charge in [-0.3, -0.25) is 9.59 Å². The summed E-state index contributed by atoms with van der Waals surface area (Å²) in [4.78, 5) is 24.3. The Labute approximate surface area is 176 Å². The van der Waals surface area contributed by atoms with Gasteiger partial charge in [-0.15, -0.1) is 0 Å². The second-order valence-corrected chi connectivity index (χ2v) is 7.03. The van der Waals surface area contributed by atoms with E-state index in [-0.39, 0.29) is 24.8 Å². The van der Waals surface area contributed by atoms with Crippen LogP contribution in [0.15, 0.2) is 77.3 Å². The van der Waals surface area contributed by atoms with E-state index in [1.165, 1.54) is 12.1 Å². The highest BCUT2D eigenvalue weighted by Gasteiger charge is 2.10. The molecular formula is C22H18BrFN2O3. The second-order valence-electron chi connectivity index (χ2n) is 6.12. The number of benzene rings is 3. The number of carbonyl (C=O) groups excluding carboxylic acids is 2. The van der Waals surface area contributed by atoms with Crippen molar-refractivity contribution in [3.8, 4) is 11.5 Å². The lowest BCUT2D eigenvalue weighted by Gasteiger charge is -2.12. The normalized spacial score (nSPS) is 10.3. The van der Waals surface area contributed by atoms with E-state index in [2.05, 4.69) is 26.6 Å². The van der Waals surface area contributed by atoms with E-state index in [9.17, 15) is 14.0 Å². The minimum Gasteiger partial charge on any atom is -0.455 e. The molecule has 0 radical (unpaired) electrons. The zero-order valence-electron chi connectivity index (χ0n) is 15.3. The Morgan fingerprint density at radius 2 is 1.72 bits per heavy atom. The number of hydrogen-bond acceptors (Lipinski definition) is 3. The number of amides is 2. The highest BCUT2D eigenvalue weighted by atomic mass is 79.9. The summed E-state index contributed by atoms with van der Waals surface area (Å²) in [6, 6.07) is 19.6. The number of hydrogen-bond donors (Lipinski definition) is 2. The fourth-order valence-electron chi connectivity index (χ4n) is 2.52.